The van der Waals surface area contributed by atoms with Crippen molar-refractivity contribution >= 4 is 29.9 Å². The first-order valence-electron chi connectivity index (χ1n) is 7.05. The predicted molar refractivity (Wildman–Crippen MR) is 97.4 cm³/mol. The van der Waals surface area contributed by atoms with Crippen LogP contribution >= 0.6 is 24.0 Å². The molecule has 0 spiro atoms. The third-order valence-electron chi connectivity index (χ3n) is 2.98. The van der Waals surface area contributed by atoms with E-state index >= 15 is 0 Å². The van der Waals surface area contributed by atoms with Gasteiger partial charge in [0.05, 0.1) is 6.54 Å². The molecular formula is C15H22IN5O. The Morgan fingerprint density at radius 1 is 1.23 bits per heavy atom. The third-order valence-corrected chi connectivity index (χ3v) is 2.98. The molecular weight excluding hydrogens is 393 g/mol. The van der Waals surface area contributed by atoms with Crippen molar-refractivity contribution in [3.05, 3.63) is 47.6 Å². The van der Waals surface area contributed by atoms with Crippen LogP contribution in [0.15, 0.2) is 39.8 Å². The number of nitrogens with zero attached hydrogens (tertiary/aromatic N) is 3. The van der Waals surface area contributed by atoms with Crippen molar-refractivity contribution < 1.29 is 4.52 Å². The van der Waals surface area contributed by atoms with E-state index in [9.17, 15) is 0 Å². The quantitative estimate of drug-likeness (QED) is 0.328. The Bertz CT molecular complexity index is 570. The predicted octanol–water partition coefficient (Wildman–Crippen LogP) is 2.29. The number of halogens is 1. The highest BCUT2D eigenvalue weighted by Crippen LogP contribution is 2.01. The topological polar surface area (TPSA) is 75.3 Å². The van der Waals surface area contributed by atoms with E-state index in [0.29, 0.717) is 18.3 Å². The van der Waals surface area contributed by atoms with Crippen LogP contribution in [0.3, 0.4) is 0 Å². The molecule has 0 aliphatic rings. The number of hydrogen-bond acceptors (Lipinski definition) is 4. The highest BCUT2D eigenvalue weighted by atomic mass is 127. The van der Waals surface area contributed by atoms with Crippen LogP contribution in [0.5, 0.6) is 0 Å². The average molecular weight is 415 g/mol. The Kier molecular flexibility index (Phi) is 8.49. The van der Waals surface area contributed by atoms with Gasteiger partial charge in [0.1, 0.15) is 0 Å². The van der Waals surface area contributed by atoms with E-state index in [2.05, 4.69) is 50.0 Å². The molecule has 0 amide bonds. The summed E-state index contributed by atoms with van der Waals surface area (Å²) < 4.78 is 4.92. The Balaban J connectivity index is 0.00000242. The first-order valence-corrected chi connectivity index (χ1v) is 7.05. The summed E-state index contributed by atoms with van der Waals surface area (Å²) in [6.07, 6.45) is 2.10. The fourth-order valence-electron chi connectivity index (χ4n) is 1.94. The van der Waals surface area contributed by atoms with Crippen LogP contribution in [0.1, 0.15) is 23.7 Å². The summed E-state index contributed by atoms with van der Waals surface area (Å²) in [7, 11) is 1.74. The molecule has 1 heterocycles. The van der Waals surface area contributed by atoms with E-state index in [4.69, 9.17) is 4.52 Å². The van der Waals surface area contributed by atoms with E-state index in [1.165, 1.54) is 5.56 Å². The normalized spacial score (nSPS) is 10.9. The molecule has 22 heavy (non-hydrogen) atoms. The number of nitrogens with one attached hydrogen (secondary N) is 2. The molecule has 0 unspecified atom stereocenters. The second kappa shape index (κ2) is 10.1. The van der Waals surface area contributed by atoms with Crippen LogP contribution in [-0.2, 0) is 13.0 Å². The van der Waals surface area contributed by atoms with Gasteiger partial charge < -0.3 is 15.2 Å². The fourth-order valence-corrected chi connectivity index (χ4v) is 1.94. The minimum Gasteiger partial charge on any atom is -0.356 e. The molecule has 0 saturated heterocycles. The lowest BCUT2D eigenvalue weighted by Gasteiger charge is -2.10. The minimum atomic E-state index is 0. The van der Waals surface area contributed by atoms with Crippen LogP contribution in [0.2, 0.25) is 0 Å². The zero-order valence-corrected chi connectivity index (χ0v) is 15.2. The maximum Gasteiger partial charge on any atom is 0.223 e. The summed E-state index contributed by atoms with van der Waals surface area (Å²) in [5, 5.41) is 10.2. The van der Waals surface area contributed by atoms with E-state index < -0.39 is 0 Å². The van der Waals surface area contributed by atoms with E-state index in [1.54, 1.807) is 14.0 Å². The molecule has 1 aromatic heterocycles. The number of guanidine groups is 1. The number of rotatable bonds is 6. The summed E-state index contributed by atoms with van der Waals surface area (Å²) in [5.74, 6) is 1.93. The molecule has 2 N–H and O–H groups in total. The van der Waals surface area contributed by atoms with Crippen molar-refractivity contribution in [1.82, 2.24) is 20.8 Å². The maximum absolute atomic E-state index is 4.92. The van der Waals surface area contributed by atoms with Gasteiger partial charge in [0.2, 0.25) is 5.89 Å². The van der Waals surface area contributed by atoms with Crippen LogP contribution in [0.25, 0.3) is 0 Å². The molecule has 0 saturated carbocycles. The first kappa shape index (κ1) is 18.4. The van der Waals surface area contributed by atoms with Crippen LogP contribution in [0, 0.1) is 6.92 Å². The van der Waals surface area contributed by atoms with Crippen LogP contribution in [-0.4, -0.2) is 29.7 Å². The van der Waals surface area contributed by atoms with Crippen molar-refractivity contribution in [2.75, 3.05) is 13.6 Å². The standard InChI is InChI=1S/C15H21N5O.HI/c1-12-19-14(20-21-12)11-18-15(16-2)17-10-6-9-13-7-4-3-5-8-13;/h3-5,7-8H,6,9-11H2,1-2H3,(H2,16,17,18);1H. The third kappa shape index (κ3) is 6.42. The molecule has 0 aliphatic carbocycles. The Hall–Kier alpha value is -1.64. The molecule has 2 rings (SSSR count). The lowest BCUT2D eigenvalue weighted by molar-refractivity contribution is 0.387. The highest BCUT2D eigenvalue weighted by Gasteiger charge is 2.03. The number of benzene rings is 1. The second-order valence-corrected chi connectivity index (χ2v) is 4.67. The largest absolute Gasteiger partial charge is 0.356 e. The maximum atomic E-state index is 4.92. The van der Waals surface area contributed by atoms with Gasteiger partial charge in [0, 0.05) is 20.5 Å². The monoisotopic (exact) mass is 415 g/mol. The van der Waals surface area contributed by atoms with Gasteiger partial charge in [-0.1, -0.05) is 35.5 Å². The molecule has 7 heteroatoms. The highest BCUT2D eigenvalue weighted by molar-refractivity contribution is 14.0. The molecule has 0 radical (unpaired) electrons. The summed E-state index contributed by atoms with van der Waals surface area (Å²) in [6, 6.07) is 10.5. The van der Waals surface area contributed by atoms with Crippen molar-refractivity contribution in [1.29, 1.82) is 0 Å². The van der Waals surface area contributed by atoms with Crippen molar-refractivity contribution in [2.45, 2.75) is 26.3 Å². The fraction of sp³-hybridized carbons (Fsp3) is 0.400. The van der Waals surface area contributed by atoms with Crippen molar-refractivity contribution in [2.24, 2.45) is 4.99 Å². The van der Waals surface area contributed by atoms with Gasteiger partial charge in [0.25, 0.3) is 0 Å². The lowest BCUT2D eigenvalue weighted by atomic mass is 10.1. The summed E-state index contributed by atoms with van der Waals surface area (Å²) in [5.41, 5.74) is 1.35. The zero-order chi connectivity index (χ0) is 14.9. The second-order valence-electron chi connectivity index (χ2n) is 4.67. The lowest BCUT2D eigenvalue weighted by Crippen LogP contribution is -2.37. The van der Waals surface area contributed by atoms with Crippen LogP contribution in [0.4, 0.5) is 0 Å². The molecule has 2 aromatic rings. The molecule has 0 bridgehead atoms. The number of aromatic nitrogens is 2. The van der Waals surface area contributed by atoms with E-state index in [0.717, 1.165) is 25.3 Å². The van der Waals surface area contributed by atoms with Gasteiger partial charge in [0.15, 0.2) is 11.8 Å². The van der Waals surface area contributed by atoms with Gasteiger partial charge in [-0.15, -0.1) is 24.0 Å². The van der Waals surface area contributed by atoms with Gasteiger partial charge in [-0.25, -0.2) is 0 Å². The molecule has 1 aromatic carbocycles. The Morgan fingerprint density at radius 2 is 2.00 bits per heavy atom. The van der Waals surface area contributed by atoms with Gasteiger partial charge >= 0.3 is 0 Å². The molecule has 120 valence electrons. The van der Waals surface area contributed by atoms with Gasteiger partial charge in [-0.3, -0.25) is 4.99 Å². The number of aryl methyl sites for hydroxylation is 2. The smallest absolute Gasteiger partial charge is 0.223 e. The summed E-state index contributed by atoms with van der Waals surface area (Å²) >= 11 is 0. The Labute approximate surface area is 147 Å². The summed E-state index contributed by atoms with van der Waals surface area (Å²) in [6.45, 7) is 3.13. The van der Waals surface area contributed by atoms with Gasteiger partial charge in [-0.05, 0) is 18.4 Å². The number of hydrogen-bond donors (Lipinski definition) is 2. The SMILES string of the molecule is CN=C(NCCCc1ccccc1)NCc1noc(C)n1.I. The van der Waals surface area contributed by atoms with Crippen molar-refractivity contribution in [3.8, 4) is 0 Å². The molecule has 0 atom stereocenters. The molecule has 0 fully saturated rings. The minimum absolute atomic E-state index is 0. The molecule has 6 nitrogen and oxygen atoms in total. The van der Waals surface area contributed by atoms with Crippen LogP contribution < -0.4 is 10.6 Å². The number of aliphatic imine (C=N–C) groups is 1. The summed E-state index contributed by atoms with van der Waals surface area (Å²) in [4.78, 5) is 8.29. The van der Waals surface area contributed by atoms with E-state index in [-0.39, 0.29) is 24.0 Å². The average Bonchev–Trinajstić information content (AvgIpc) is 2.93. The molecule has 0 aliphatic heterocycles. The zero-order valence-electron chi connectivity index (χ0n) is 12.9. The van der Waals surface area contributed by atoms with Gasteiger partial charge in [-0.2, -0.15) is 4.98 Å². The van der Waals surface area contributed by atoms with E-state index in [1.807, 2.05) is 6.07 Å². The first-order chi connectivity index (χ1) is 10.3. The Morgan fingerprint density at radius 3 is 2.64 bits per heavy atom. The van der Waals surface area contributed by atoms with Crippen molar-refractivity contribution in [3.63, 3.8) is 0 Å².